The summed E-state index contributed by atoms with van der Waals surface area (Å²) in [6.07, 6.45) is 0. The maximum Gasteiger partial charge on any atom is 0.238 e. The van der Waals surface area contributed by atoms with Crippen molar-refractivity contribution in [2.75, 3.05) is 0 Å². The lowest BCUT2D eigenvalue weighted by Gasteiger charge is -2.21. The molecule has 4 heteroatoms. The van der Waals surface area contributed by atoms with Gasteiger partial charge in [0.15, 0.2) is 11.6 Å². The third-order valence-electron chi connectivity index (χ3n) is 13.1. The molecule has 0 saturated heterocycles. The van der Waals surface area contributed by atoms with E-state index in [0.29, 0.717) is 17.6 Å². The quantitative estimate of drug-likeness (QED) is 0.161. The van der Waals surface area contributed by atoms with Gasteiger partial charge in [0.1, 0.15) is 0 Å². The maximum atomic E-state index is 5.45. The molecule has 0 atom stereocenters. The SMILES string of the molecule is CC1(C)c2ccccc2-c2cc3c4c(-c5ccccc5)cc(-c5ccccc5)cc4n(-c4nc(-c5ccc(-c6ccccc6)cc5)nc(-c5ccc(-c6ccccc6)cc5)n4)c3cc21. The molecule has 0 radical (unpaired) electrons. The normalized spacial score (nSPS) is 12.7. The fourth-order valence-corrected chi connectivity index (χ4v) is 9.80. The van der Waals surface area contributed by atoms with Gasteiger partial charge in [-0.1, -0.05) is 208 Å². The van der Waals surface area contributed by atoms with Crippen molar-refractivity contribution in [2.24, 2.45) is 0 Å². The zero-order chi connectivity index (χ0) is 42.8. The summed E-state index contributed by atoms with van der Waals surface area (Å²) in [7, 11) is 0. The van der Waals surface area contributed by atoms with Gasteiger partial charge in [-0.2, -0.15) is 9.97 Å². The van der Waals surface area contributed by atoms with Crippen LogP contribution in [-0.4, -0.2) is 19.5 Å². The second-order valence-corrected chi connectivity index (χ2v) is 17.2. The first-order chi connectivity index (χ1) is 31.5. The lowest BCUT2D eigenvalue weighted by Crippen LogP contribution is -2.15. The number of rotatable bonds is 7. The van der Waals surface area contributed by atoms with E-state index in [0.717, 1.165) is 77.4 Å². The highest BCUT2D eigenvalue weighted by Crippen LogP contribution is 2.52. The molecule has 1 aliphatic rings. The predicted octanol–water partition coefficient (Wildman–Crippen LogP) is 15.3. The second kappa shape index (κ2) is 15.0. The number of fused-ring (bicyclic) bond motifs is 6. The van der Waals surface area contributed by atoms with Crippen LogP contribution in [0.5, 0.6) is 0 Å². The lowest BCUT2D eigenvalue weighted by molar-refractivity contribution is 0.661. The minimum absolute atomic E-state index is 0.213. The molecule has 0 amide bonds. The maximum absolute atomic E-state index is 5.45. The molecule has 64 heavy (non-hydrogen) atoms. The summed E-state index contributed by atoms with van der Waals surface area (Å²) in [5, 5.41) is 2.32. The molecule has 1 aliphatic carbocycles. The first-order valence-corrected chi connectivity index (χ1v) is 21.9. The van der Waals surface area contributed by atoms with Gasteiger partial charge in [0.25, 0.3) is 0 Å². The average Bonchev–Trinajstić information content (AvgIpc) is 3.81. The van der Waals surface area contributed by atoms with Crippen molar-refractivity contribution in [3.63, 3.8) is 0 Å². The zero-order valence-corrected chi connectivity index (χ0v) is 35.6. The number of benzene rings is 9. The highest BCUT2D eigenvalue weighted by Gasteiger charge is 2.36. The Bertz CT molecular complexity index is 3420. The van der Waals surface area contributed by atoms with Crippen molar-refractivity contribution in [2.45, 2.75) is 19.3 Å². The van der Waals surface area contributed by atoms with Crippen LogP contribution in [0.25, 0.3) is 106 Å². The van der Waals surface area contributed by atoms with Crippen LogP contribution in [0.2, 0.25) is 0 Å². The van der Waals surface area contributed by atoms with Crippen molar-refractivity contribution in [3.05, 3.63) is 230 Å². The Morgan fingerprint density at radius 3 is 1.33 bits per heavy atom. The van der Waals surface area contributed by atoms with Crippen molar-refractivity contribution in [1.29, 1.82) is 0 Å². The third-order valence-corrected chi connectivity index (χ3v) is 13.1. The van der Waals surface area contributed by atoms with Gasteiger partial charge in [0.05, 0.1) is 11.0 Å². The van der Waals surface area contributed by atoms with Crippen molar-refractivity contribution < 1.29 is 0 Å². The molecule has 302 valence electrons. The van der Waals surface area contributed by atoms with Crippen molar-refractivity contribution in [1.82, 2.24) is 19.5 Å². The predicted molar refractivity (Wildman–Crippen MR) is 264 cm³/mol. The molecule has 2 aromatic heterocycles. The molecule has 0 N–H and O–H groups in total. The van der Waals surface area contributed by atoms with Gasteiger partial charge >= 0.3 is 0 Å². The van der Waals surface area contributed by atoms with E-state index in [4.69, 9.17) is 15.0 Å². The minimum Gasteiger partial charge on any atom is -0.278 e. The van der Waals surface area contributed by atoms with E-state index in [1.807, 2.05) is 12.1 Å². The standard InChI is InChI=1S/C60H42N4/c1-60(2)52-26-16-15-25-48(52)50-37-51-54(38-53(50)60)64(55-36-47(41-21-11-5-12-22-41)35-49(56(51)55)44-23-13-6-14-24-44)59-62-57(45-31-27-42(28-32-45)39-17-7-3-8-18-39)61-58(63-59)46-33-29-43(30-34-46)40-19-9-4-10-20-40/h3-38H,1-2H3. The van der Waals surface area contributed by atoms with Crippen molar-refractivity contribution >= 4 is 21.8 Å². The molecule has 12 rings (SSSR count). The summed E-state index contributed by atoms with van der Waals surface area (Å²) in [5.41, 5.74) is 18.1. The van der Waals surface area contributed by atoms with E-state index in [2.05, 4.69) is 225 Å². The Labute approximate surface area is 372 Å². The topological polar surface area (TPSA) is 43.6 Å². The zero-order valence-electron chi connectivity index (χ0n) is 35.6. The smallest absolute Gasteiger partial charge is 0.238 e. The van der Waals surface area contributed by atoms with E-state index in [1.54, 1.807) is 0 Å². The molecule has 9 aromatic carbocycles. The van der Waals surface area contributed by atoms with Crippen LogP contribution in [0.15, 0.2) is 218 Å². The average molecular weight is 819 g/mol. The summed E-state index contributed by atoms with van der Waals surface area (Å²) in [5.74, 6) is 1.79. The number of hydrogen-bond donors (Lipinski definition) is 0. The Morgan fingerprint density at radius 2 is 0.781 bits per heavy atom. The van der Waals surface area contributed by atoms with Gasteiger partial charge in [-0.3, -0.25) is 4.57 Å². The highest BCUT2D eigenvalue weighted by molar-refractivity contribution is 6.18. The Balaban J connectivity index is 1.16. The van der Waals surface area contributed by atoms with E-state index in [9.17, 15) is 0 Å². The molecule has 0 aliphatic heterocycles. The van der Waals surface area contributed by atoms with Gasteiger partial charge in [0.2, 0.25) is 5.95 Å². The Morgan fingerprint density at radius 1 is 0.328 bits per heavy atom. The molecule has 0 fully saturated rings. The molecule has 0 unspecified atom stereocenters. The van der Waals surface area contributed by atoms with Crippen LogP contribution >= 0.6 is 0 Å². The van der Waals surface area contributed by atoms with Crippen LogP contribution in [0.4, 0.5) is 0 Å². The van der Waals surface area contributed by atoms with Gasteiger partial charge < -0.3 is 0 Å². The molecule has 0 saturated carbocycles. The van der Waals surface area contributed by atoms with Gasteiger partial charge in [0, 0.05) is 27.3 Å². The van der Waals surface area contributed by atoms with Crippen LogP contribution < -0.4 is 0 Å². The van der Waals surface area contributed by atoms with Gasteiger partial charge in [-0.15, -0.1) is 0 Å². The summed E-state index contributed by atoms with van der Waals surface area (Å²) in [6, 6.07) is 77.9. The fraction of sp³-hybridized carbons (Fsp3) is 0.0500. The molecular weight excluding hydrogens is 777 g/mol. The highest BCUT2D eigenvalue weighted by atomic mass is 15.2. The first-order valence-electron chi connectivity index (χ1n) is 21.9. The summed E-state index contributed by atoms with van der Waals surface area (Å²) < 4.78 is 2.30. The van der Waals surface area contributed by atoms with E-state index in [-0.39, 0.29) is 5.41 Å². The molecular formula is C60H42N4. The van der Waals surface area contributed by atoms with E-state index in [1.165, 1.54) is 22.3 Å². The number of aromatic nitrogens is 4. The first kappa shape index (κ1) is 37.5. The third kappa shape index (κ3) is 6.26. The van der Waals surface area contributed by atoms with E-state index >= 15 is 0 Å². The fourth-order valence-electron chi connectivity index (χ4n) is 9.80. The van der Waals surface area contributed by atoms with Gasteiger partial charge in [-0.25, -0.2) is 4.98 Å². The second-order valence-electron chi connectivity index (χ2n) is 17.2. The molecule has 4 nitrogen and oxygen atoms in total. The number of hydrogen-bond acceptors (Lipinski definition) is 3. The molecule has 11 aromatic rings. The number of nitrogens with zero attached hydrogens (tertiary/aromatic N) is 4. The van der Waals surface area contributed by atoms with E-state index < -0.39 is 0 Å². The van der Waals surface area contributed by atoms with Crippen molar-refractivity contribution in [3.8, 4) is 84.4 Å². The monoisotopic (exact) mass is 818 g/mol. The molecule has 2 heterocycles. The molecule has 0 spiro atoms. The van der Waals surface area contributed by atoms with Crippen LogP contribution in [-0.2, 0) is 5.41 Å². The minimum atomic E-state index is -0.213. The van der Waals surface area contributed by atoms with Crippen LogP contribution in [0.1, 0.15) is 25.0 Å². The molecule has 0 bridgehead atoms. The Hall–Kier alpha value is -8.21. The largest absolute Gasteiger partial charge is 0.278 e. The summed E-state index contributed by atoms with van der Waals surface area (Å²) >= 11 is 0. The van der Waals surface area contributed by atoms with Crippen LogP contribution in [0, 0.1) is 0 Å². The van der Waals surface area contributed by atoms with Gasteiger partial charge in [-0.05, 0) is 91.0 Å². The van der Waals surface area contributed by atoms with Crippen LogP contribution in [0.3, 0.4) is 0 Å². The summed E-state index contributed by atoms with van der Waals surface area (Å²) in [6.45, 7) is 4.69. The Kier molecular flexibility index (Phi) is 8.80. The summed E-state index contributed by atoms with van der Waals surface area (Å²) in [4.78, 5) is 16.2. The lowest BCUT2D eigenvalue weighted by atomic mass is 9.82.